The average Bonchev–Trinajstić information content (AvgIpc) is 3.31. The maximum atomic E-state index is 11.8. The molecule has 13 nitrogen and oxygen atoms in total. The van der Waals surface area contributed by atoms with Crippen LogP contribution in [0.2, 0.25) is 0 Å². The van der Waals surface area contributed by atoms with Gasteiger partial charge in [-0.2, -0.15) is 0 Å². The topological polar surface area (TPSA) is 161 Å². The van der Waals surface area contributed by atoms with Gasteiger partial charge in [-0.3, -0.25) is 19.4 Å². The van der Waals surface area contributed by atoms with E-state index in [2.05, 4.69) is 15.3 Å². The van der Waals surface area contributed by atoms with Crippen molar-refractivity contribution in [2.45, 2.75) is 64.6 Å². The molecule has 3 aromatic rings. The summed E-state index contributed by atoms with van der Waals surface area (Å²) in [4.78, 5) is 39.9. The van der Waals surface area contributed by atoms with Gasteiger partial charge in [0.2, 0.25) is 0 Å². The monoisotopic (exact) mass is 528 g/mol. The minimum atomic E-state index is -1.29. The molecule has 1 N–H and O–H groups in total. The van der Waals surface area contributed by atoms with Gasteiger partial charge in [0, 0.05) is 26.2 Å². The fourth-order valence-corrected chi connectivity index (χ4v) is 4.15. The standard InChI is InChI=1S/C25H28N4O9/c1-14(31)35-22-21(12-30)38-25(24(37-16(3)33)23(22)36-15(2)32)34-13-19-11-29(28-27-19)10-18-9-8-17-6-4-5-7-20(17)26-18/h4-9,11,21-25,30H,10,12-13H2,1-3H3/t21-,22-,23+,24-,25-/m1/s1. The number of nitrogens with zero attached hydrogens (tertiary/aromatic N) is 4. The number of aromatic nitrogens is 4. The molecule has 0 spiro atoms. The van der Waals surface area contributed by atoms with Crippen LogP contribution in [0.5, 0.6) is 0 Å². The Hall–Kier alpha value is -3.94. The normalized spacial score (nSPS) is 23.1. The Labute approximate surface area is 217 Å². The second-order valence-corrected chi connectivity index (χ2v) is 8.66. The van der Waals surface area contributed by atoms with Crippen molar-refractivity contribution in [1.82, 2.24) is 20.0 Å². The molecule has 1 aliphatic rings. The summed E-state index contributed by atoms with van der Waals surface area (Å²) in [5.41, 5.74) is 2.09. The van der Waals surface area contributed by atoms with Crippen LogP contribution in [-0.4, -0.2) is 80.3 Å². The summed E-state index contributed by atoms with van der Waals surface area (Å²) >= 11 is 0. The van der Waals surface area contributed by atoms with Gasteiger partial charge in [0.1, 0.15) is 11.8 Å². The third kappa shape index (κ3) is 6.68. The molecule has 0 aliphatic carbocycles. The van der Waals surface area contributed by atoms with Crippen LogP contribution in [0.15, 0.2) is 42.6 Å². The van der Waals surface area contributed by atoms with E-state index in [9.17, 15) is 19.5 Å². The molecule has 202 valence electrons. The highest BCUT2D eigenvalue weighted by Crippen LogP contribution is 2.30. The molecule has 4 rings (SSSR count). The number of aliphatic hydroxyl groups is 1. The van der Waals surface area contributed by atoms with Crippen molar-refractivity contribution >= 4 is 28.8 Å². The number of aliphatic hydroxyl groups excluding tert-OH is 1. The van der Waals surface area contributed by atoms with Crippen molar-refractivity contribution in [2.24, 2.45) is 0 Å². The molecule has 3 heterocycles. The number of para-hydroxylation sites is 1. The predicted molar refractivity (Wildman–Crippen MR) is 128 cm³/mol. The highest BCUT2D eigenvalue weighted by Gasteiger charge is 2.52. The van der Waals surface area contributed by atoms with Crippen molar-refractivity contribution < 1.29 is 43.2 Å². The Bertz CT molecular complexity index is 1300. The summed E-state index contributed by atoms with van der Waals surface area (Å²) in [5, 5.41) is 19.1. The molecule has 0 radical (unpaired) electrons. The van der Waals surface area contributed by atoms with E-state index in [1.54, 1.807) is 10.9 Å². The second-order valence-electron chi connectivity index (χ2n) is 8.66. The number of benzene rings is 1. The van der Waals surface area contributed by atoms with Crippen molar-refractivity contribution in [1.29, 1.82) is 0 Å². The van der Waals surface area contributed by atoms with Gasteiger partial charge in [0.05, 0.1) is 37.2 Å². The van der Waals surface area contributed by atoms with Gasteiger partial charge in [-0.15, -0.1) is 5.10 Å². The first-order chi connectivity index (χ1) is 18.2. The number of hydrogen-bond donors (Lipinski definition) is 1. The predicted octanol–water partition coefficient (Wildman–Crippen LogP) is 0.903. The Morgan fingerprint density at radius 3 is 2.32 bits per heavy atom. The molecule has 38 heavy (non-hydrogen) atoms. The van der Waals surface area contributed by atoms with Crippen molar-refractivity contribution in [3.05, 3.63) is 54.0 Å². The van der Waals surface area contributed by atoms with Crippen LogP contribution in [0, 0.1) is 0 Å². The van der Waals surface area contributed by atoms with Crippen LogP contribution in [0.1, 0.15) is 32.2 Å². The van der Waals surface area contributed by atoms with Gasteiger partial charge in [-0.25, -0.2) is 4.68 Å². The molecule has 5 atom stereocenters. The van der Waals surface area contributed by atoms with Crippen LogP contribution in [0.25, 0.3) is 10.9 Å². The van der Waals surface area contributed by atoms with Crippen LogP contribution in [-0.2, 0) is 51.2 Å². The fourth-order valence-electron chi connectivity index (χ4n) is 4.15. The first-order valence-corrected chi connectivity index (χ1v) is 11.9. The zero-order valence-electron chi connectivity index (χ0n) is 21.1. The highest BCUT2D eigenvalue weighted by atomic mass is 16.7. The molecule has 0 bridgehead atoms. The number of fused-ring (bicyclic) bond motifs is 1. The van der Waals surface area contributed by atoms with E-state index in [1.807, 2.05) is 36.4 Å². The van der Waals surface area contributed by atoms with E-state index in [1.165, 1.54) is 0 Å². The molecule has 1 aliphatic heterocycles. The summed E-state index contributed by atoms with van der Waals surface area (Å²) in [6.07, 6.45) is -4.55. The zero-order valence-corrected chi connectivity index (χ0v) is 21.1. The third-order valence-electron chi connectivity index (χ3n) is 5.64. The number of pyridine rings is 1. The third-order valence-corrected chi connectivity index (χ3v) is 5.64. The second kappa shape index (κ2) is 12.1. The number of esters is 3. The molecule has 1 fully saturated rings. The molecule has 0 unspecified atom stereocenters. The van der Waals surface area contributed by atoms with E-state index in [4.69, 9.17) is 23.7 Å². The average molecular weight is 529 g/mol. The lowest BCUT2D eigenvalue weighted by Gasteiger charge is -2.43. The summed E-state index contributed by atoms with van der Waals surface area (Å²) in [5.74, 6) is -2.12. The molecular weight excluding hydrogens is 500 g/mol. The molecule has 1 saturated heterocycles. The lowest BCUT2D eigenvalue weighted by molar-refractivity contribution is -0.310. The molecule has 1 aromatic carbocycles. The van der Waals surface area contributed by atoms with Crippen molar-refractivity contribution in [3.8, 4) is 0 Å². The van der Waals surface area contributed by atoms with E-state index < -0.39 is 55.2 Å². The van der Waals surface area contributed by atoms with Gasteiger partial charge in [-0.05, 0) is 12.1 Å². The molecule has 0 amide bonds. The quantitative estimate of drug-likeness (QED) is 0.309. The van der Waals surface area contributed by atoms with Gasteiger partial charge in [0.15, 0.2) is 24.6 Å². The maximum Gasteiger partial charge on any atom is 0.303 e. The highest BCUT2D eigenvalue weighted by molar-refractivity contribution is 5.78. The SMILES string of the molecule is CC(=O)O[C@@H]1[C@@H](OC(C)=O)[C@H](OCc2cn(Cc3ccc4ccccc4n3)nn2)O[C@H](CO)[C@H]1OC(C)=O. The minimum Gasteiger partial charge on any atom is -0.456 e. The summed E-state index contributed by atoms with van der Waals surface area (Å²) in [6.45, 7) is 3.14. The summed E-state index contributed by atoms with van der Waals surface area (Å²) < 4.78 is 29.1. The lowest BCUT2D eigenvalue weighted by Crippen LogP contribution is -2.62. The zero-order chi connectivity index (χ0) is 27.2. The molecular formula is C25H28N4O9. The smallest absolute Gasteiger partial charge is 0.303 e. The van der Waals surface area contributed by atoms with E-state index in [-0.39, 0.29) is 6.61 Å². The summed E-state index contributed by atoms with van der Waals surface area (Å²) in [6, 6.07) is 11.7. The van der Waals surface area contributed by atoms with Gasteiger partial charge >= 0.3 is 17.9 Å². The van der Waals surface area contributed by atoms with E-state index in [0.29, 0.717) is 12.2 Å². The fraction of sp³-hybridized carbons (Fsp3) is 0.440. The Morgan fingerprint density at radius 1 is 0.921 bits per heavy atom. The largest absolute Gasteiger partial charge is 0.456 e. The van der Waals surface area contributed by atoms with Crippen molar-refractivity contribution in [3.63, 3.8) is 0 Å². The maximum absolute atomic E-state index is 11.8. The number of hydrogen-bond acceptors (Lipinski definition) is 12. The van der Waals surface area contributed by atoms with Gasteiger partial charge in [0.25, 0.3) is 0 Å². The Morgan fingerprint density at radius 2 is 1.61 bits per heavy atom. The first-order valence-electron chi connectivity index (χ1n) is 11.9. The Kier molecular flexibility index (Phi) is 8.61. The van der Waals surface area contributed by atoms with Crippen LogP contribution < -0.4 is 0 Å². The number of carbonyl (C=O) groups is 3. The van der Waals surface area contributed by atoms with Crippen LogP contribution in [0.4, 0.5) is 0 Å². The first kappa shape index (κ1) is 27.1. The number of ether oxygens (including phenoxy) is 5. The number of rotatable bonds is 9. The lowest BCUT2D eigenvalue weighted by atomic mass is 9.98. The van der Waals surface area contributed by atoms with Gasteiger partial charge < -0.3 is 28.8 Å². The molecule has 13 heteroatoms. The minimum absolute atomic E-state index is 0.114. The summed E-state index contributed by atoms with van der Waals surface area (Å²) in [7, 11) is 0. The van der Waals surface area contributed by atoms with Crippen molar-refractivity contribution in [2.75, 3.05) is 6.61 Å². The van der Waals surface area contributed by atoms with Crippen LogP contribution in [0.3, 0.4) is 0 Å². The molecule has 0 saturated carbocycles. The van der Waals surface area contributed by atoms with Crippen LogP contribution >= 0.6 is 0 Å². The van der Waals surface area contributed by atoms with E-state index in [0.717, 1.165) is 37.4 Å². The van der Waals surface area contributed by atoms with E-state index >= 15 is 0 Å². The molecule has 2 aromatic heterocycles. The van der Waals surface area contributed by atoms with Gasteiger partial charge in [-0.1, -0.05) is 29.5 Å². The number of carbonyl (C=O) groups excluding carboxylic acids is 3. The Balaban J connectivity index is 1.48.